The van der Waals surface area contributed by atoms with Crippen LogP contribution in [0.5, 0.6) is 0 Å². The van der Waals surface area contributed by atoms with Crippen LogP contribution in [0.15, 0.2) is 47.4 Å². The summed E-state index contributed by atoms with van der Waals surface area (Å²) in [6.07, 6.45) is 0. The van der Waals surface area contributed by atoms with Crippen molar-refractivity contribution in [3.63, 3.8) is 0 Å². The van der Waals surface area contributed by atoms with Gasteiger partial charge in [-0.2, -0.15) is 0 Å². The third kappa shape index (κ3) is 5.44. The normalized spacial score (nSPS) is 10.3. The number of anilines is 1. The highest BCUT2D eigenvalue weighted by Crippen LogP contribution is 2.23. The molecule has 0 aromatic heterocycles. The number of nitrogens with one attached hydrogen (secondary N) is 1. The summed E-state index contributed by atoms with van der Waals surface area (Å²) < 4.78 is 4.93. The minimum absolute atomic E-state index is 0.188. The van der Waals surface area contributed by atoms with Crippen LogP contribution >= 0.6 is 35.0 Å². The quantitative estimate of drug-likeness (QED) is 0.569. The fraction of sp³-hybridized carbons (Fsp3) is 0.176. The van der Waals surface area contributed by atoms with E-state index in [-0.39, 0.29) is 28.9 Å². The Balaban J connectivity index is 1.97. The minimum atomic E-state index is -0.519. The average molecular weight is 384 g/mol. The standard InChI is InChI=1S/C17H15Cl2NO3S/c1-2-23-17(22)14-9-12(5-8-15(14)19)20-16(21)10-24-13-6-3-11(18)4-7-13/h3-9H,2,10H2,1H3,(H,20,21). The van der Waals surface area contributed by atoms with E-state index < -0.39 is 5.97 Å². The van der Waals surface area contributed by atoms with E-state index in [4.69, 9.17) is 27.9 Å². The number of carbonyl (C=O) groups excluding carboxylic acids is 2. The van der Waals surface area contributed by atoms with Crippen molar-refractivity contribution in [1.82, 2.24) is 0 Å². The van der Waals surface area contributed by atoms with E-state index in [1.807, 2.05) is 12.1 Å². The fourth-order valence-corrected chi connectivity index (χ4v) is 2.86. The summed E-state index contributed by atoms with van der Waals surface area (Å²) in [5.74, 6) is -0.472. The Morgan fingerprint density at radius 2 is 1.83 bits per heavy atom. The Hall–Kier alpha value is -1.69. The van der Waals surface area contributed by atoms with Gasteiger partial charge in [0, 0.05) is 15.6 Å². The monoisotopic (exact) mass is 383 g/mol. The lowest BCUT2D eigenvalue weighted by atomic mass is 10.2. The van der Waals surface area contributed by atoms with E-state index in [9.17, 15) is 9.59 Å². The third-order valence-electron chi connectivity index (χ3n) is 2.93. The van der Waals surface area contributed by atoms with Gasteiger partial charge in [0.15, 0.2) is 0 Å². The second-order valence-electron chi connectivity index (χ2n) is 4.71. The van der Waals surface area contributed by atoms with Gasteiger partial charge >= 0.3 is 5.97 Å². The Morgan fingerprint density at radius 3 is 2.50 bits per heavy atom. The molecule has 0 aliphatic rings. The molecule has 24 heavy (non-hydrogen) atoms. The molecule has 1 N–H and O–H groups in total. The number of hydrogen-bond donors (Lipinski definition) is 1. The lowest BCUT2D eigenvalue weighted by Gasteiger charge is -2.09. The SMILES string of the molecule is CCOC(=O)c1cc(NC(=O)CSc2ccc(Cl)cc2)ccc1Cl. The molecular weight excluding hydrogens is 369 g/mol. The zero-order valence-electron chi connectivity index (χ0n) is 12.8. The van der Waals surface area contributed by atoms with Crippen molar-refractivity contribution in [3.05, 3.63) is 58.1 Å². The number of carbonyl (C=O) groups is 2. The fourth-order valence-electron chi connectivity index (χ4n) is 1.85. The van der Waals surface area contributed by atoms with Crippen LogP contribution < -0.4 is 5.32 Å². The van der Waals surface area contributed by atoms with Gasteiger partial charge in [0.05, 0.1) is 22.9 Å². The second kappa shape index (κ2) is 8.97. The summed E-state index contributed by atoms with van der Waals surface area (Å²) in [5.41, 5.74) is 0.714. The zero-order chi connectivity index (χ0) is 17.5. The molecule has 2 rings (SSSR count). The highest BCUT2D eigenvalue weighted by molar-refractivity contribution is 8.00. The van der Waals surface area contributed by atoms with Gasteiger partial charge in [-0.15, -0.1) is 11.8 Å². The number of thioether (sulfide) groups is 1. The van der Waals surface area contributed by atoms with Crippen LogP contribution in [-0.4, -0.2) is 24.2 Å². The van der Waals surface area contributed by atoms with E-state index in [0.29, 0.717) is 10.7 Å². The van der Waals surface area contributed by atoms with Crippen LogP contribution in [0.3, 0.4) is 0 Å². The first kappa shape index (κ1) is 18.6. The van der Waals surface area contributed by atoms with Crippen molar-refractivity contribution < 1.29 is 14.3 Å². The van der Waals surface area contributed by atoms with Crippen molar-refractivity contribution in [2.45, 2.75) is 11.8 Å². The summed E-state index contributed by atoms with van der Waals surface area (Å²) in [6.45, 7) is 1.97. The Labute approximate surface area is 154 Å². The van der Waals surface area contributed by atoms with Crippen molar-refractivity contribution in [2.24, 2.45) is 0 Å². The number of ether oxygens (including phenoxy) is 1. The molecule has 0 saturated heterocycles. The van der Waals surface area contributed by atoms with Crippen LogP contribution in [0.4, 0.5) is 5.69 Å². The molecule has 0 heterocycles. The van der Waals surface area contributed by atoms with Gasteiger partial charge in [-0.1, -0.05) is 23.2 Å². The molecule has 0 spiro atoms. The molecule has 0 aliphatic heterocycles. The Kier molecular flexibility index (Phi) is 6.97. The van der Waals surface area contributed by atoms with Crippen LogP contribution in [-0.2, 0) is 9.53 Å². The Bertz CT molecular complexity index is 735. The summed E-state index contributed by atoms with van der Waals surface area (Å²) in [4.78, 5) is 24.8. The largest absolute Gasteiger partial charge is 0.462 e. The topological polar surface area (TPSA) is 55.4 Å². The van der Waals surface area contributed by atoms with Gasteiger partial charge in [0.1, 0.15) is 0 Å². The lowest BCUT2D eigenvalue weighted by Crippen LogP contribution is -2.15. The molecule has 126 valence electrons. The van der Waals surface area contributed by atoms with E-state index >= 15 is 0 Å². The summed E-state index contributed by atoms with van der Waals surface area (Å²) in [5, 5.41) is 3.67. The van der Waals surface area contributed by atoms with Crippen molar-refractivity contribution in [1.29, 1.82) is 0 Å². The first-order valence-electron chi connectivity index (χ1n) is 7.14. The molecule has 7 heteroatoms. The van der Waals surface area contributed by atoms with E-state index in [0.717, 1.165) is 4.90 Å². The number of amides is 1. The smallest absolute Gasteiger partial charge is 0.339 e. The van der Waals surface area contributed by atoms with Crippen LogP contribution in [0, 0.1) is 0 Å². The molecule has 1 amide bonds. The molecule has 0 saturated carbocycles. The van der Waals surface area contributed by atoms with Gasteiger partial charge in [-0.25, -0.2) is 4.79 Å². The molecule has 0 atom stereocenters. The molecule has 0 fully saturated rings. The predicted octanol–water partition coefficient (Wildman–Crippen LogP) is 4.90. The van der Waals surface area contributed by atoms with Gasteiger partial charge in [0.25, 0.3) is 0 Å². The van der Waals surface area contributed by atoms with Crippen LogP contribution in [0.25, 0.3) is 0 Å². The molecule has 2 aromatic carbocycles. The number of rotatable bonds is 6. The average Bonchev–Trinajstić information content (AvgIpc) is 2.56. The molecule has 0 radical (unpaired) electrons. The highest BCUT2D eigenvalue weighted by Gasteiger charge is 2.13. The first-order valence-corrected chi connectivity index (χ1v) is 8.88. The number of halogens is 2. The summed E-state index contributed by atoms with van der Waals surface area (Å²) in [6, 6.07) is 11.9. The maximum Gasteiger partial charge on any atom is 0.339 e. The predicted molar refractivity (Wildman–Crippen MR) is 98.2 cm³/mol. The number of esters is 1. The number of benzene rings is 2. The molecular formula is C17H15Cl2NO3S. The minimum Gasteiger partial charge on any atom is -0.462 e. The third-order valence-corrected chi connectivity index (χ3v) is 4.52. The molecule has 0 bridgehead atoms. The van der Waals surface area contributed by atoms with Crippen molar-refractivity contribution >= 4 is 52.5 Å². The summed E-state index contributed by atoms with van der Waals surface area (Å²) in [7, 11) is 0. The van der Waals surface area contributed by atoms with Gasteiger partial charge < -0.3 is 10.1 Å². The van der Waals surface area contributed by atoms with Gasteiger partial charge in [-0.05, 0) is 49.4 Å². The zero-order valence-corrected chi connectivity index (χ0v) is 15.2. The molecule has 4 nitrogen and oxygen atoms in total. The molecule has 0 aliphatic carbocycles. The summed E-state index contributed by atoms with van der Waals surface area (Å²) >= 11 is 13.2. The maximum absolute atomic E-state index is 12.0. The van der Waals surface area contributed by atoms with E-state index in [1.165, 1.54) is 17.8 Å². The van der Waals surface area contributed by atoms with Crippen LogP contribution in [0.1, 0.15) is 17.3 Å². The van der Waals surface area contributed by atoms with Crippen LogP contribution in [0.2, 0.25) is 10.0 Å². The second-order valence-corrected chi connectivity index (χ2v) is 6.60. The maximum atomic E-state index is 12.0. The van der Waals surface area contributed by atoms with Crippen molar-refractivity contribution in [2.75, 3.05) is 17.7 Å². The molecule has 0 unspecified atom stereocenters. The van der Waals surface area contributed by atoms with Gasteiger partial charge in [-0.3, -0.25) is 4.79 Å². The Morgan fingerprint density at radius 1 is 1.12 bits per heavy atom. The van der Waals surface area contributed by atoms with E-state index in [1.54, 1.807) is 31.2 Å². The van der Waals surface area contributed by atoms with Crippen molar-refractivity contribution in [3.8, 4) is 0 Å². The highest BCUT2D eigenvalue weighted by atomic mass is 35.5. The van der Waals surface area contributed by atoms with E-state index in [2.05, 4.69) is 5.32 Å². The molecule has 2 aromatic rings. The lowest BCUT2D eigenvalue weighted by molar-refractivity contribution is -0.113. The number of hydrogen-bond acceptors (Lipinski definition) is 4. The first-order chi connectivity index (χ1) is 11.5. The van der Waals surface area contributed by atoms with Gasteiger partial charge in [0.2, 0.25) is 5.91 Å².